The molecule has 26 heavy (non-hydrogen) atoms. The molecule has 3 aromatic rings. The van der Waals surface area contributed by atoms with E-state index >= 15 is 0 Å². The molecule has 2 aromatic carbocycles. The van der Waals surface area contributed by atoms with Gasteiger partial charge in [-0.1, -0.05) is 49.2 Å². The first-order valence-corrected chi connectivity index (χ1v) is 8.83. The van der Waals surface area contributed by atoms with Crippen molar-refractivity contribution < 1.29 is 4.74 Å². The minimum absolute atomic E-state index is 0. The van der Waals surface area contributed by atoms with Crippen LogP contribution in [-0.4, -0.2) is 16.2 Å². The van der Waals surface area contributed by atoms with Crippen LogP contribution in [0, 0.1) is 0 Å². The molecule has 136 valence electrons. The summed E-state index contributed by atoms with van der Waals surface area (Å²) < 4.78 is 7.99. The van der Waals surface area contributed by atoms with Crippen molar-refractivity contribution >= 4 is 35.8 Å². The van der Waals surface area contributed by atoms with Gasteiger partial charge in [0, 0.05) is 28.7 Å². The highest BCUT2D eigenvalue weighted by Gasteiger charge is 2.05. The molecule has 0 aliphatic rings. The molecule has 0 saturated heterocycles. The predicted octanol–water partition coefficient (Wildman–Crippen LogP) is 6.26. The molecule has 0 atom stereocenters. The lowest BCUT2D eigenvalue weighted by Crippen LogP contribution is -1.95. The lowest BCUT2D eigenvalue weighted by Gasteiger charge is -2.11. The van der Waals surface area contributed by atoms with E-state index in [0.717, 1.165) is 35.4 Å². The molecular weight excluding hydrogens is 367 g/mol. The van der Waals surface area contributed by atoms with Gasteiger partial charge in [-0.05, 0) is 42.3 Å². The Morgan fingerprint density at radius 1 is 1.19 bits per heavy atom. The Labute approximate surface area is 165 Å². The Kier molecular flexibility index (Phi) is 7.76. The summed E-state index contributed by atoms with van der Waals surface area (Å²) in [5.74, 6) is 0.839. The molecule has 0 saturated carbocycles. The third-order valence-corrected chi connectivity index (χ3v) is 4.09. The number of benzene rings is 2. The highest BCUT2D eigenvalue weighted by Crippen LogP contribution is 2.23. The van der Waals surface area contributed by atoms with Crippen molar-refractivity contribution in [1.29, 1.82) is 0 Å². The Bertz CT molecular complexity index is 827. The summed E-state index contributed by atoms with van der Waals surface area (Å²) in [6, 6.07) is 16.0. The first kappa shape index (κ1) is 20.1. The van der Waals surface area contributed by atoms with Crippen LogP contribution >= 0.6 is 24.0 Å². The monoisotopic (exact) mass is 388 g/mol. The first-order chi connectivity index (χ1) is 12.3. The number of aromatic nitrogens is 2. The van der Waals surface area contributed by atoms with E-state index in [-0.39, 0.29) is 12.4 Å². The highest BCUT2D eigenvalue weighted by molar-refractivity contribution is 6.30. The van der Waals surface area contributed by atoms with Gasteiger partial charge in [-0.3, -0.25) is 0 Å². The summed E-state index contributed by atoms with van der Waals surface area (Å²) in [5, 5.41) is 0.706. The fourth-order valence-corrected chi connectivity index (χ4v) is 2.67. The second-order valence-corrected chi connectivity index (χ2v) is 6.22. The van der Waals surface area contributed by atoms with Crippen LogP contribution in [0.3, 0.4) is 0 Å². The van der Waals surface area contributed by atoms with Gasteiger partial charge in [-0.25, -0.2) is 4.98 Å². The predicted molar refractivity (Wildman–Crippen MR) is 111 cm³/mol. The maximum atomic E-state index is 6.14. The van der Waals surface area contributed by atoms with Crippen molar-refractivity contribution in [2.75, 3.05) is 6.61 Å². The number of ether oxygens (including phenoxy) is 1. The van der Waals surface area contributed by atoms with Crippen LogP contribution in [0.25, 0.3) is 17.5 Å². The highest BCUT2D eigenvalue weighted by atomic mass is 35.5. The summed E-state index contributed by atoms with van der Waals surface area (Å²) in [6.07, 6.45) is 9.66. The Balaban J connectivity index is 0.00000243. The van der Waals surface area contributed by atoms with Gasteiger partial charge < -0.3 is 9.30 Å². The molecule has 0 N–H and O–H groups in total. The number of hydrogen-bond donors (Lipinski definition) is 0. The lowest BCUT2D eigenvalue weighted by molar-refractivity contribution is 0.272. The molecular formula is C21H22Cl2N2O. The zero-order valence-corrected chi connectivity index (χ0v) is 16.2. The van der Waals surface area contributed by atoms with Gasteiger partial charge in [-0.2, -0.15) is 0 Å². The standard InChI is InChI=1S/C21H21ClN2O.ClH/c1-2-3-13-25-21(18-5-4-6-19(22)15-18)14-17-7-9-20(10-8-17)24-12-11-23-16-24;/h4-12,14-16H,2-3,13H2,1H3;1H/b21-14+;. The second kappa shape index (κ2) is 10.0. The third kappa shape index (κ3) is 5.38. The smallest absolute Gasteiger partial charge is 0.127 e. The molecule has 0 radical (unpaired) electrons. The summed E-state index contributed by atoms with van der Waals surface area (Å²) in [4.78, 5) is 4.08. The van der Waals surface area contributed by atoms with Crippen molar-refractivity contribution in [1.82, 2.24) is 9.55 Å². The van der Waals surface area contributed by atoms with Gasteiger partial charge in [-0.15, -0.1) is 12.4 Å². The van der Waals surface area contributed by atoms with E-state index in [2.05, 4.69) is 42.2 Å². The first-order valence-electron chi connectivity index (χ1n) is 8.45. The summed E-state index contributed by atoms with van der Waals surface area (Å²) in [5.41, 5.74) is 3.14. The number of imidazole rings is 1. The Morgan fingerprint density at radius 2 is 2.00 bits per heavy atom. The van der Waals surface area contributed by atoms with Crippen LogP contribution in [0.4, 0.5) is 0 Å². The van der Waals surface area contributed by atoms with Gasteiger partial charge in [0.05, 0.1) is 12.9 Å². The lowest BCUT2D eigenvalue weighted by atomic mass is 10.1. The van der Waals surface area contributed by atoms with Crippen LogP contribution in [0.15, 0.2) is 67.3 Å². The van der Waals surface area contributed by atoms with E-state index < -0.39 is 0 Å². The molecule has 0 fully saturated rings. The average Bonchev–Trinajstić information content (AvgIpc) is 3.16. The zero-order valence-electron chi connectivity index (χ0n) is 14.6. The molecule has 0 aliphatic heterocycles. The van der Waals surface area contributed by atoms with E-state index in [0.29, 0.717) is 11.6 Å². The second-order valence-electron chi connectivity index (χ2n) is 5.78. The normalized spacial score (nSPS) is 11.1. The van der Waals surface area contributed by atoms with Crippen LogP contribution in [0.5, 0.6) is 0 Å². The molecule has 1 aromatic heterocycles. The molecule has 0 bridgehead atoms. The third-order valence-electron chi connectivity index (χ3n) is 3.86. The van der Waals surface area contributed by atoms with E-state index in [4.69, 9.17) is 16.3 Å². The number of unbranched alkanes of at least 4 members (excludes halogenated alkanes) is 1. The molecule has 0 amide bonds. The van der Waals surface area contributed by atoms with E-state index in [1.807, 2.05) is 35.0 Å². The summed E-state index contributed by atoms with van der Waals surface area (Å²) in [7, 11) is 0. The van der Waals surface area contributed by atoms with E-state index in [9.17, 15) is 0 Å². The quantitative estimate of drug-likeness (QED) is 0.271. The van der Waals surface area contributed by atoms with Crippen LogP contribution in [0.2, 0.25) is 5.02 Å². The van der Waals surface area contributed by atoms with Gasteiger partial charge in [0.2, 0.25) is 0 Å². The van der Waals surface area contributed by atoms with Crippen LogP contribution < -0.4 is 0 Å². The summed E-state index contributed by atoms with van der Waals surface area (Å²) in [6.45, 7) is 2.85. The number of rotatable bonds is 7. The van der Waals surface area contributed by atoms with Crippen molar-refractivity contribution in [2.45, 2.75) is 19.8 Å². The van der Waals surface area contributed by atoms with Gasteiger partial charge in [0.1, 0.15) is 5.76 Å². The molecule has 0 aliphatic carbocycles. The molecule has 0 spiro atoms. The summed E-state index contributed by atoms with van der Waals surface area (Å²) >= 11 is 6.14. The SMILES string of the molecule is CCCCO/C(=C/c1ccc(-n2ccnc2)cc1)c1cccc(Cl)c1.Cl. The van der Waals surface area contributed by atoms with Gasteiger partial charge in [0.15, 0.2) is 0 Å². The van der Waals surface area contributed by atoms with E-state index in [1.165, 1.54) is 0 Å². The number of nitrogens with zero attached hydrogens (tertiary/aromatic N) is 2. The number of hydrogen-bond acceptors (Lipinski definition) is 2. The van der Waals surface area contributed by atoms with Crippen molar-refractivity contribution in [3.63, 3.8) is 0 Å². The van der Waals surface area contributed by atoms with Crippen LogP contribution in [-0.2, 0) is 4.74 Å². The molecule has 3 nitrogen and oxygen atoms in total. The zero-order chi connectivity index (χ0) is 17.5. The number of halogens is 2. The average molecular weight is 389 g/mol. The van der Waals surface area contributed by atoms with Gasteiger partial charge >= 0.3 is 0 Å². The minimum atomic E-state index is 0. The van der Waals surface area contributed by atoms with Gasteiger partial charge in [0.25, 0.3) is 0 Å². The molecule has 3 rings (SSSR count). The fourth-order valence-electron chi connectivity index (χ4n) is 2.48. The van der Waals surface area contributed by atoms with Crippen molar-refractivity contribution in [2.24, 2.45) is 0 Å². The topological polar surface area (TPSA) is 27.1 Å². The van der Waals surface area contributed by atoms with E-state index in [1.54, 1.807) is 12.5 Å². The molecule has 5 heteroatoms. The minimum Gasteiger partial charge on any atom is -0.493 e. The molecule has 1 heterocycles. The molecule has 0 unspecified atom stereocenters. The van der Waals surface area contributed by atoms with Crippen molar-refractivity contribution in [3.05, 3.63) is 83.4 Å². The Morgan fingerprint density at radius 3 is 2.65 bits per heavy atom. The maximum Gasteiger partial charge on any atom is 0.127 e. The van der Waals surface area contributed by atoms with Crippen molar-refractivity contribution in [3.8, 4) is 5.69 Å². The Hall–Kier alpha value is -2.23. The largest absolute Gasteiger partial charge is 0.493 e. The fraction of sp³-hybridized carbons (Fsp3) is 0.190. The van der Waals surface area contributed by atoms with Crippen LogP contribution in [0.1, 0.15) is 30.9 Å². The maximum absolute atomic E-state index is 6.14.